The maximum Gasteiger partial charge on any atom is 0.306 e. The molecule has 9 nitrogen and oxygen atoms in total. The van der Waals surface area contributed by atoms with E-state index in [0.29, 0.717) is 19.3 Å². The number of ketones is 2. The zero-order valence-corrected chi connectivity index (χ0v) is 23.0. The van der Waals surface area contributed by atoms with Crippen LogP contribution in [-0.4, -0.2) is 69.2 Å². The molecule has 1 amide bonds. The third-order valence-corrected chi connectivity index (χ3v) is 10.3. The summed E-state index contributed by atoms with van der Waals surface area (Å²) in [6.45, 7) is 6.52. The van der Waals surface area contributed by atoms with Gasteiger partial charge in [0.1, 0.15) is 5.60 Å². The van der Waals surface area contributed by atoms with Gasteiger partial charge in [-0.05, 0) is 81.6 Å². The van der Waals surface area contributed by atoms with E-state index < -0.39 is 46.9 Å². The number of fused-ring (bicyclic) bond motifs is 5. The maximum atomic E-state index is 13.3. The fraction of sp³-hybridized carbons (Fsp3) is 0.793. The molecule has 4 rings (SSSR count). The van der Waals surface area contributed by atoms with Crippen LogP contribution in [0.4, 0.5) is 0 Å². The van der Waals surface area contributed by atoms with Crippen LogP contribution in [0.25, 0.3) is 0 Å². The topological polar surface area (TPSA) is 150 Å². The zero-order chi connectivity index (χ0) is 28.1. The summed E-state index contributed by atoms with van der Waals surface area (Å²) >= 11 is 0. The van der Waals surface area contributed by atoms with E-state index in [1.54, 1.807) is 19.9 Å². The number of aliphatic hydroxyl groups is 3. The van der Waals surface area contributed by atoms with E-state index in [0.717, 1.165) is 18.4 Å². The van der Waals surface area contributed by atoms with Gasteiger partial charge in [0.25, 0.3) is 0 Å². The number of amides is 1. The van der Waals surface area contributed by atoms with Crippen molar-refractivity contribution in [3.05, 3.63) is 11.6 Å². The minimum absolute atomic E-state index is 0.0223. The first-order valence-corrected chi connectivity index (χ1v) is 13.9. The highest BCUT2D eigenvalue weighted by molar-refractivity contribution is 5.92. The first kappa shape index (κ1) is 28.9. The van der Waals surface area contributed by atoms with Crippen LogP contribution in [-0.2, 0) is 23.9 Å². The van der Waals surface area contributed by atoms with Gasteiger partial charge in [0, 0.05) is 18.3 Å². The van der Waals surface area contributed by atoms with Crippen molar-refractivity contribution in [2.75, 3.05) is 13.2 Å². The molecule has 0 spiro atoms. The van der Waals surface area contributed by atoms with Crippen molar-refractivity contribution in [2.24, 2.45) is 28.6 Å². The van der Waals surface area contributed by atoms with Gasteiger partial charge in [0.15, 0.2) is 12.4 Å². The largest absolute Gasteiger partial charge is 0.458 e. The summed E-state index contributed by atoms with van der Waals surface area (Å²) in [6, 6.07) is 0. The Labute approximate surface area is 224 Å². The van der Waals surface area contributed by atoms with E-state index in [-0.39, 0.29) is 61.2 Å². The summed E-state index contributed by atoms with van der Waals surface area (Å²) in [5.74, 6) is -1.40. The Kier molecular flexibility index (Phi) is 7.71. The Morgan fingerprint density at radius 1 is 1.13 bits per heavy atom. The lowest BCUT2D eigenvalue weighted by atomic mass is 9.45. The number of allylic oxidation sites excluding steroid dienone is 1. The van der Waals surface area contributed by atoms with Gasteiger partial charge in [-0.1, -0.05) is 19.4 Å². The van der Waals surface area contributed by atoms with Gasteiger partial charge in [0.2, 0.25) is 11.7 Å². The number of hydrogen-bond donors (Lipinski definition) is 4. The molecule has 0 saturated heterocycles. The lowest BCUT2D eigenvalue weighted by molar-refractivity contribution is -0.184. The molecular weight excluding hydrogens is 490 g/mol. The minimum atomic E-state index is -1.72. The van der Waals surface area contributed by atoms with Crippen LogP contribution < -0.4 is 5.32 Å². The number of Topliss-reactive ketones (excluding diaryl/α,β-unsaturated/α-hetero) is 1. The van der Waals surface area contributed by atoms with Crippen molar-refractivity contribution in [3.63, 3.8) is 0 Å². The summed E-state index contributed by atoms with van der Waals surface area (Å²) in [4.78, 5) is 49.7. The van der Waals surface area contributed by atoms with E-state index in [2.05, 4.69) is 12.2 Å². The normalized spacial score (nSPS) is 38.4. The number of esters is 1. The fourth-order valence-electron chi connectivity index (χ4n) is 8.18. The molecule has 4 aliphatic rings. The number of carbonyl (C=O) groups is 4. The van der Waals surface area contributed by atoms with E-state index in [9.17, 15) is 34.5 Å². The molecule has 0 aromatic heterocycles. The third kappa shape index (κ3) is 4.86. The molecule has 4 N–H and O–H groups in total. The van der Waals surface area contributed by atoms with Crippen molar-refractivity contribution in [3.8, 4) is 0 Å². The molecule has 9 heteroatoms. The highest BCUT2D eigenvalue weighted by atomic mass is 16.5. The van der Waals surface area contributed by atoms with Crippen LogP contribution in [0.1, 0.15) is 85.5 Å². The Hall–Kier alpha value is -2.10. The van der Waals surface area contributed by atoms with Gasteiger partial charge in [0.05, 0.1) is 24.7 Å². The van der Waals surface area contributed by atoms with Crippen molar-refractivity contribution < 1.29 is 39.2 Å². The van der Waals surface area contributed by atoms with E-state index in [1.165, 1.54) is 0 Å². The standard InChI is InChI=1S/C29H43NO8/c1-26(2,16-31)30-23(35)7-8-24(36)38-15-22(34)29(37)12-10-20-19-6-5-17-13-18(32)9-11-27(17,3)25(19)21(33)14-28(20,29)4/h13,19-21,25,31,33,37H,5-12,14-16H2,1-4H3,(H,30,35)/t19-,20-,21+,25+,27-,28-,29-/m0/s1. The summed E-state index contributed by atoms with van der Waals surface area (Å²) in [7, 11) is 0. The van der Waals surface area contributed by atoms with Crippen molar-refractivity contribution in [2.45, 2.75) is 103 Å². The van der Waals surface area contributed by atoms with Gasteiger partial charge in [-0.2, -0.15) is 0 Å². The molecule has 0 aliphatic heterocycles. The molecule has 0 aromatic carbocycles. The van der Waals surface area contributed by atoms with Crippen LogP contribution in [0.15, 0.2) is 11.6 Å². The first-order valence-electron chi connectivity index (χ1n) is 13.9. The van der Waals surface area contributed by atoms with E-state index in [1.807, 2.05) is 6.92 Å². The zero-order valence-electron chi connectivity index (χ0n) is 23.0. The number of aliphatic hydroxyl groups excluding tert-OH is 2. The highest BCUT2D eigenvalue weighted by Crippen LogP contribution is 2.67. The van der Waals surface area contributed by atoms with Crippen LogP contribution in [0.2, 0.25) is 0 Å². The molecule has 0 bridgehead atoms. The second kappa shape index (κ2) is 10.1. The lowest BCUT2D eigenvalue weighted by Gasteiger charge is -2.60. The van der Waals surface area contributed by atoms with E-state index >= 15 is 0 Å². The smallest absolute Gasteiger partial charge is 0.306 e. The molecule has 4 aliphatic carbocycles. The minimum Gasteiger partial charge on any atom is -0.458 e. The molecule has 3 fully saturated rings. The van der Waals surface area contributed by atoms with E-state index in [4.69, 9.17) is 4.74 Å². The summed E-state index contributed by atoms with van der Waals surface area (Å²) in [5, 5.41) is 35.1. The number of carbonyl (C=O) groups excluding carboxylic acids is 4. The monoisotopic (exact) mass is 533 g/mol. The molecule has 0 aromatic rings. The van der Waals surface area contributed by atoms with Gasteiger partial charge in [-0.15, -0.1) is 0 Å². The first-order chi connectivity index (χ1) is 17.7. The Morgan fingerprint density at radius 3 is 2.53 bits per heavy atom. The van der Waals surface area contributed by atoms with Crippen molar-refractivity contribution >= 4 is 23.4 Å². The van der Waals surface area contributed by atoms with Gasteiger partial charge >= 0.3 is 5.97 Å². The summed E-state index contributed by atoms with van der Waals surface area (Å²) < 4.78 is 5.16. The molecule has 3 saturated carbocycles. The second-order valence-corrected chi connectivity index (χ2v) is 13.2. The van der Waals surface area contributed by atoms with Crippen LogP contribution in [0.5, 0.6) is 0 Å². The SMILES string of the molecule is CC(C)(CO)NC(=O)CCC(=O)OCC(=O)[C@@]1(O)CC[C@H]2[C@@H]3CCC4=CC(=O)CC[C@]4(C)[C@H]3[C@H](O)C[C@@]21C. The number of nitrogens with one attached hydrogen (secondary N) is 1. The van der Waals surface area contributed by atoms with Crippen LogP contribution in [0, 0.1) is 28.6 Å². The van der Waals surface area contributed by atoms with Crippen LogP contribution in [0.3, 0.4) is 0 Å². The maximum absolute atomic E-state index is 13.3. The fourth-order valence-corrected chi connectivity index (χ4v) is 8.18. The second-order valence-electron chi connectivity index (χ2n) is 13.2. The van der Waals surface area contributed by atoms with Crippen molar-refractivity contribution in [1.82, 2.24) is 5.32 Å². The molecule has 7 atom stereocenters. The van der Waals surface area contributed by atoms with Gasteiger partial charge in [-0.25, -0.2) is 0 Å². The molecule has 38 heavy (non-hydrogen) atoms. The predicted molar refractivity (Wildman–Crippen MR) is 138 cm³/mol. The third-order valence-electron chi connectivity index (χ3n) is 10.3. The average molecular weight is 534 g/mol. The number of hydrogen-bond acceptors (Lipinski definition) is 8. The van der Waals surface area contributed by atoms with Gasteiger partial charge < -0.3 is 25.4 Å². The van der Waals surface area contributed by atoms with Crippen LogP contribution >= 0.6 is 0 Å². The molecular formula is C29H43NO8. The summed E-state index contributed by atoms with van der Waals surface area (Å²) in [6.07, 6.45) is 4.65. The quantitative estimate of drug-likeness (QED) is 0.346. The highest BCUT2D eigenvalue weighted by Gasteiger charge is 2.68. The number of ether oxygens (including phenoxy) is 1. The van der Waals surface area contributed by atoms with Crippen molar-refractivity contribution in [1.29, 1.82) is 0 Å². The molecule has 0 unspecified atom stereocenters. The Morgan fingerprint density at radius 2 is 1.84 bits per heavy atom. The Bertz CT molecular complexity index is 1040. The predicted octanol–water partition coefficient (Wildman–Crippen LogP) is 2.00. The molecule has 0 heterocycles. The summed E-state index contributed by atoms with van der Waals surface area (Å²) in [5.41, 5.74) is -2.50. The lowest BCUT2D eigenvalue weighted by Crippen LogP contribution is -2.62. The molecule has 212 valence electrons. The average Bonchev–Trinajstić information content (AvgIpc) is 3.12. The number of rotatable bonds is 8. The molecule has 0 radical (unpaired) electrons. The van der Waals surface area contributed by atoms with Gasteiger partial charge in [-0.3, -0.25) is 19.2 Å². The Balaban J connectivity index is 1.40.